The highest BCUT2D eigenvalue weighted by molar-refractivity contribution is 5.82. The molecule has 1 aliphatic carbocycles. The van der Waals surface area contributed by atoms with E-state index in [2.05, 4.69) is 27.0 Å². The van der Waals surface area contributed by atoms with E-state index in [4.69, 9.17) is 11.5 Å². The van der Waals surface area contributed by atoms with Crippen molar-refractivity contribution in [1.82, 2.24) is 25.6 Å². The Bertz CT molecular complexity index is 1020. The SMILES string of the molecule is CC(C)(NC(N)=O)c1cn(C(CCC(N)=O)C(=O)NC2(C)CCCc3ccccc32)nn1. The minimum atomic E-state index is -0.886. The number of benzene rings is 1. The van der Waals surface area contributed by atoms with Crippen LogP contribution in [0.25, 0.3) is 0 Å². The summed E-state index contributed by atoms with van der Waals surface area (Å²) in [5, 5.41) is 14.0. The second kappa shape index (κ2) is 8.97. The van der Waals surface area contributed by atoms with E-state index in [9.17, 15) is 14.4 Å². The molecule has 0 saturated heterocycles. The number of carbonyl (C=O) groups is 3. The Morgan fingerprint density at radius 1 is 1.25 bits per heavy atom. The van der Waals surface area contributed by atoms with E-state index < -0.39 is 29.1 Å². The van der Waals surface area contributed by atoms with Crippen LogP contribution in [0.1, 0.15) is 69.3 Å². The van der Waals surface area contributed by atoms with E-state index in [0.717, 1.165) is 24.8 Å². The van der Waals surface area contributed by atoms with Crippen molar-refractivity contribution in [3.63, 3.8) is 0 Å². The maximum absolute atomic E-state index is 13.4. The summed E-state index contributed by atoms with van der Waals surface area (Å²) in [6.07, 6.45) is 4.50. The lowest BCUT2D eigenvalue weighted by atomic mass is 9.77. The molecule has 0 aliphatic heterocycles. The fourth-order valence-electron chi connectivity index (χ4n) is 4.28. The first kappa shape index (κ1) is 23.2. The number of fused-ring (bicyclic) bond motifs is 1. The van der Waals surface area contributed by atoms with Crippen LogP contribution < -0.4 is 22.1 Å². The summed E-state index contributed by atoms with van der Waals surface area (Å²) in [4.78, 5) is 36.2. The number of urea groups is 1. The summed E-state index contributed by atoms with van der Waals surface area (Å²) in [5.41, 5.74) is 11.9. The summed E-state index contributed by atoms with van der Waals surface area (Å²) >= 11 is 0. The highest BCUT2D eigenvalue weighted by atomic mass is 16.2. The lowest BCUT2D eigenvalue weighted by Crippen LogP contribution is -2.48. The molecule has 6 N–H and O–H groups in total. The maximum Gasteiger partial charge on any atom is 0.312 e. The van der Waals surface area contributed by atoms with Gasteiger partial charge in [-0.3, -0.25) is 9.59 Å². The molecular weight excluding hydrogens is 410 g/mol. The number of primary amides is 2. The van der Waals surface area contributed by atoms with Gasteiger partial charge in [0.2, 0.25) is 11.8 Å². The topological polar surface area (TPSA) is 158 Å². The lowest BCUT2D eigenvalue weighted by molar-refractivity contribution is -0.127. The normalized spacial score (nSPS) is 19.0. The summed E-state index contributed by atoms with van der Waals surface area (Å²) in [5.74, 6) is -0.782. The minimum Gasteiger partial charge on any atom is -0.370 e. The number of carbonyl (C=O) groups excluding carboxylic acids is 3. The molecule has 10 heteroatoms. The molecule has 4 amide bonds. The zero-order valence-electron chi connectivity index (χ0n) is 18.7. The van der Waals surface area contributed by atoms with Crippen molar-refractivity contribution < 1.29 is 14.4 Å². The molecule has 32 heavy (non-hydrogen) atoms. The van der Waals surface area contributed by atoms with Gasteiger partial charge in [-0.05, 0) is 57.6 Å². The van der Waals surface area contributed by atoms with E-state index in [0.29, 0.717) is 5.69 Å². The number of aromatic nitrogens is 3. The van der Waals surface area contributed by atoms with Gasteiger partial charge in [-0.25, -0.2) is 9.48 Å². The first-order chi connectivity index (χ1) is 15.0. The highest BCUT2D eigenvalue weighted by Gasteiger charge is 2.36. The number of rotatable bonds is 8. The van der Waals surface area contributed by atoms with Crippen LogP contribution in [0.4, 0.5) is 4.79 Å². The monoisotopic (exact) mass is 441 g/mol. The Morgan fingerprint density at radius 3 is 2.66 bits per heavy atom. The predicted molar refractivity (Wildman–Crippen MR) is 118 cm³/mol. The van der Waals surface area contributed by atoms with Crippen LogP contribution in [0.2, 0.25) is 0 Å². The molecule has 2 atom stereocenters. The fraction of sp³-hybridized carbons (Fsp3) is 0.500. The van der Waals surface area contributed by atoms with Gasteiger partial charge < -0.3 is 22.1 Å². The molecule has 2 aromatic rings. The van der Waals surface area contributed by atoms with Gasteiger partial charge in [0.25, 0.3) is 0 Å². The second-order valence-corrected chi connectivity index (χ2v) is 9.05. The quantitative estimate of drug-likeness (QED) is 0.486. The number of hydrogen-bond donors (Lipinski definition) is 4. The zero-order valence-corrected chi connectivity index (χ0v) is 18.7. The van der Waals surface area contributed by atoms with Crippen LogP contribution in [0.5, 0.6) is 0 Å². The number of amides is 4. The maximum atomic E-state index is 13.4. The molecule has 0 radical (unpaired) electrons. The molecule has 2 unspecified atom stereocenters. The lowest BCUT2D eigenvalue weighted by Gasteiger charge is -2.37. The molecule has 0 fully saturated rings. The van der Waals surface area contributed by atoms with Gasteiger partial charge >= 0.3 is 6.03 Å². The smallest absolute Gasteiger partial charge is 0.312 e. The zero-order chi connectivity index (χ0) is 23.5. The third kappa shape index (κ3) is 5.06. The molecule has 1 aromatic carbocycles. The van der Waals surface area contributed by atoms with Crippen LogP contribution in [0, 0.1) is 0 Å². The van der Waals surface area contributed by atoms with Crippen molar-refractivity contribution in [2.45, 2.75) is 70.0 Å². The fourth-order valence-corrected chi connectivity index (χ4v) is 4.28. The van der Waals surface area contributed by atoms with Gasteiger partial charge in [0.15, 0.2) is 0 Å². The molecule has 1 heterocycles. The van der Waals surface area contributed by atoms with Gasteiger partial charge in [0.1, 0.15) is 11.7 Å². The van der Waals surface area contributed by atoms with Gasteiger partial charge in [0, 0.05) is 6.42 Å². The van der Waals surface area contributed by atoms with Crippen molar-refractivity contribution in [3.05, 3.63) is 47.3 Å². The summed E-state index contributed by atoms with van der Waals surface area (Å²) in [6, 6.07) is 6.60. The average molecular weight is 442 g/mol. The van der Waals surface area contributed by atoms with Gasteiger partial charge in [-0.1, -0.05) is 29.5 Å². The molecular formula is C22H31N7O3. The van der Waals surface area contributed by atoms with Crippen LogP contribution in [-0.2, 0) is 27.1 Å². The second-order valence-electron chi connectivity index (χ2n) is 9.05. The molecule has 1 aromatic heterocycles. The van der Waals surface area contributed by atoms with E-state index in [1.807, 2.05) is 25.1 Å². The Balaban J connectivity index is 1.88. The van der Waals surface area contributed by atoms with Crippen molar-refractivity contribution >= 4 is 17.8 Å². The van der Waals surface area contributed by atoms with Crippen molar-refractivity contribution in [1.29, 1.82) is 0 Å². The highest BCUT2D eigenvalue weighted by Crippen LogP contribution is 2.35. The first-order valence-electron chi connectivity index (χ1n) is 10.7. The summed E-state index contributed by atoms with van der Waals surface area (Å²) < 4.78 is 1.41. The van der Waals surface area contributed by atoms with Crippen LogP contribution in [0.15, 0.2) is 30.5 Å². The molecule has 172 valence electrons. The number of hydrogen-bond acceptors (Lipinski definition) is 5. The Hall–Kier alpha value is -3.43. The molecule has 0 saturated carbocycles. The van der Waals surface area contributed by atoms with Gasteiger partial charge in [0.05, 0.1) is 17.3 Å². The van der Waals surface area contributed by atoms with Crippen molar-refractivity contribution in [2.24, 2.45) is 11.5 Å². The predicted octanol–water partition coefficient (Wildman–Crippen LogP) is 1.36. The number of nitrogens with one attached hydrogen (secondary N) is 2. The Morgan fingerprint density at radius 2 is 1.97 bits per heavy atom. The van der Waals surface area contributed by atoms with E-state index in [1.165, 1.54) is 10.2 Å². The standard InChI is InChI=1S/C22H31N7O3/c1-21(2,26-20(24)32)17-13-29(28-27-17)16(10-11-18(23)30)19(31)25-22(3)12-6-8-14-7-4-5-9-15(14)22/h4-5,7,9,13,16H,6,8,10-12H2,1-3H3,(H2,23,30)(H,25,31)(H3,24,26,32). The molecule has 0 spiro atoms. The summed E-state index contributed by atoms with van der Waals surface area (Å²) in [7, 11) is 0. The van der Waals surface area contributed by atoms with E-state index in [-0.39, 0.29) is 18.7 Å². The van der Waals surface area contributed by atoms with Crippen molar-refractivity contribution in [3.8, 4) is 0 Å². The van der Waals surface area contributed by atoms with Crippen LogP contribution >= 0.6 is 0 Å². The first-order valence-corrected chi connectivity index (χ1v) is 10.7. The molecule has 3 rings (SSSR count). The van der Waals surface area contributed by atoms with Crippen LogP contribution in [0.3, 0.4) is 0 Å². The minimum absolute atomic E-state index is 0.0174. The van der Waals surface area contributed by atoms with E-state index >= 15 is 0 Å². The Kier molecular flexibility index (Phi) is 6.52. The third-order valence-electron chi connectivity index (χ3n) is 6.01. The van der Waals surface area contributed by atoms with Gasteiger partial charge in [-0.15, -0.1) is 5.10 Å². The average Bonchev–Trinajstić information content (AvgIpc) is 3.18. The largest absolute Gasteiger partial charge is 0.370 e. The van der Waals surface area contributed by atoms with E-state index in [1.54, 1.807) is 20.0 Å². The molecule has 1 aliphatic rings. The van der Waals surface area contributed by atoms with Gasteiger partial charge in [-0.2, -0.15) is 0 Å². The number of nitrogens with zero attached hydrogens (tertiary/aromatic N) is 3. The van der Waals surface area contributed by atoms with Crippen molar-refractivity contribution in [2.75, 3.05) is 0 Å². The van der Waals surface area contributed by atoms with Crippen LogP contribution in [-0.4, -0.2) is 32.8 Å². The molecule has 10 nitrogen and oxygen atoms in total. The summed E-state index contributed by atoms with van der Waals surface area (Å²) in [6.45, 7) is 5.47. The Labute approximate surface area is 187 Å². The molecule has 0 bridgehead atoms. The number of nitrogens with two attached hydrogens (primary N) is 2. The number of aryl methyl sites for hydroxylation is 1. The third-order valence-corrected chi connectivity index (χ3v) is 6.01.